The Kier molecular flexibility index (Phi) is 4.55. The van der Waals surface area contributed by atoms with Crippen molar-refractivity contribution < 1.29 is 14.6 Å². The molecule has 1 aliphatic carbocycles. The molecule has 2 heterocycles. The minimum Gasteiger partial charge on any atom is -0.389 e. The summed E-state index contributed by atoms with van der Waals surface area (Å²) >= 11 is 0. The first-order valence-corrected chi connectivity index (χ1v) is 7.78. The number of rotatable bonds is 5. The number of hydrogen-bond acceptors (Lipinski definition) is 5. The zero-order valence-corrected chi connectivity index (χ0v) is 11.8. The number of nitrogens with one attached hydrogen (secondary N) is 3. The fraction of sp³-hybridized carbons (Fsp3) is 0.929. The predicted molar refractivity (Wildman–Crippen MR) is 74.3 cm³/mol. The highest BCUT2D eigenvalue weighted by atomic mass is 16.5. The average Bonchev–Trinajstić information content (AvgIpc) is 3.26. The molecular formula is C14H25N3O3. The maximum absolute atomic E-state index is 11.6. The standard InChI is InChI=1S/C14H25N3O3/c18-13-11(17-10-3-5-15-6-4-10)8-20-12(13)7-16-14(19)9-1-2-9/h9-13,15,17-18H,1-8H2,(H,16,19)/t11-,12-,13+/m1/s1. The molecule has 0 aromatic heterocycles. The molecule has 0 aromatic rings. The van der Waals surface area contributed by atoms with Crippen LogP contribution in [0.1, 0.15) is 25.7 Å². The van der Waals surface area contributed by atoms with Crippen molar-refractivity contribution in [3.05, 3.63) is 0 Å². The molecule has 6 nitrogen and oxygen atoms in total. The fourth-order valence-electron chi connectivity index (χ4n) is 2.99. The highest BCUT2D eigenvalue weighted by Gasteiger charge is 2.38. The average molecular weight is 283 g/mol. The third-order valence-corrected chi connectivity index (χ3v) is 4.50. The second-order valence-electron chi connectivity index (χ2n) is 6.18. The van der Waals surface area contributed by atoms with Gasteiger partial charge < -0.3 is 25.8 Å². The van der Waals surface area contributed by atoms with Gasteiger partial charge in [-0.25, -0.2) is 0 Å². The van der Waals surface area contributed by atoms with Crippen molar-refractivity contribution in [1.29, 1.82) is 0 Å². The van der Waals surface area contributed by atoms with Gasteiger partial charge in [-0.3, -0.25) is 4.79 Å². The molecule has 0 bridgehead atoms. The minimum atomic E-state index is -0.538. The molecule has 20 heavy (non-hydrogen) atoms. The monoisotopic (exact) mass is 283 g/mol. The number of piperidine rings is 1. The summed E-state index contributed by atoms with van der Waals surface area (Å²) in [5, 5.41) is 20.0. The summed E-state index contributed by atoms with van der Waals surface area (Å²) < 4.78 is 5.63. The van der Waals surface area contributed by atoms with Gasteiger partial charge in [0.15, 0.2) is 0 Å². The zero-order chi connectivity index (χ0) is 13.9. The first-order chi connectivity index (χ1) is 9.74. The van der Waals surface area contributed by atoms with E-state index in [0.29, 0.717) is 19.2 Å². The van der Waals surface area contributed by atoms with Crippen LogP contribution in [0.25, 0.3) is 0 Å². The van der Waals surface area contributed by atoms with Crippen molar-refractivity contribution in [2.75, 3.05) is 26.2 Å². The lowest BCUT2D eigenvalue weighted by molar-refractivity contribution is -0.123. The van der Waals surface area contributed by atoms with Crippen LogP contribution < -0.4 is 16.0 Å². The van der Waals surface area contributed by atoms with Gasteiger partial charge >= 0.3 is 0 Å². The first kappa shape index (κ1) is 14.3. The van der Waals surface area contributed by atoms with E-state index in [9.17, 15) is 9.90 Å². The van der Waals surface area contributed by atoms with E-state index in [1.54, 1.807) is 0 Å². The molecule has 3 atom stereocenters. The molecule has 3 aliphatic rings. The lowest BCUT2D eigenvalue weighted by atomic mass is 10.0. The summed E-state index contributed by atoms with van der Waals surface area (Å²) in [6, 6.07) is 0.445. The van der Waals surface area contributed by atoms with Crippen LogP contribution in [0.15, 0.2) is 0 Å². The van der Waals surface area contributed by atoms with Gasteiger partial charge in [0.1, 0.15) is 6.10 Å². The second-order valence-corrected chi connectivity index (χ2v) is 6.18. The Labute approximate surface area is 119 Å². The van der Waals surface area contributed by atoms with Crippen LogP contribution in [0.5, 0.6) is 0 Å². The van der Waals surface area contributed by atoms with E-state index >= 15 is 0 Å². The largest absolute Gasteiger partial charge is 0.389 e. The number of aliphatic hydroxyl groups is 1. The van der Waals surface area contributed by atoms with Crippen molar-refractivity contribution in [2.45, 2.75) is 50.0 Å². The zero-order valence-electron chi connectivity index (χ0n) is 11.8. The van der Waals surface area contributed by atoms with Crippen molar-refractivity contribution >= 4 is 5.91 Å². The fourth-order valence-corrected chi connectivity index (χ4v) is 2.99. The van der Waals surface area contributed by atoms with Gasteiger partial charge in [0.25, 0.3) is 0 Å². The highest BCUT2D eigenvalue weighted by Crippen LogP contribution is 2.28. The van der Waals surface area contributed by atoms with E-state index in [2.05, 4.69) is 16.0 Å². The van der Waals surface area contributed by atoms with Crippen molar-refractivity contribution in [1.82, 2.24) is 16.0 Å². The second kappa shape index (κ2) is 6.39. The smallest absolute Gasteiger partial charge is 0.223 e. The lowest BCUT2D eigenvalue weighted by Gasteiger charge is -2.28. The van der Waals surface area contributed by atoms with E-state index in [4.69, 9.17) is 4.74 Å². The molecule has 114 valence electrons. The van der Waals surface area contributed by atoms with Crippen LogP contribution in [0.2, 0.25) is 0 Å². The van der Waals surface area contributed by atoms with Gasteiger partial charge in [-0.15, -0.1) is 0 Å². The minimum absolute atomic E-state index is 0.0130. The van der Waals surface area contributed by atoms with Crippen LogP contribution >= 0.6 is 0 Å². The molecule has 3 fully saturated rings. The maximum Gasteiger partial charge on any atom is 0.223 e. The van der Waals surface area contributed by atoms with E-state index in [-0.39, 0.29) is 24.0 Å². The Bertz CT molecular complexity index is 343. The van der Waals surface area contributed by atoms with E-state index < -0.39 is 6.10 Å². The molecule has 0 aromatic carbocycles. The molecule has 3 rings (SSSR count). The number of carbonyl (C=O) groups is 1. The Morgan fingerprint density at radius 1 is 1.25 bits per heavy atom. The summed E-state index contributed by atoms with van der Waals surface area (Å²) in [7, 11) is 0. The molecule has 6 heteroatoms. The molecule has 4 N–H and O–H groups in total. The molecule has 2 aliphatic heterocycles. The Morgan fingerprint density at radius 2 is 2.00 bits per heavy atom. The van der Waals surface area contributed by atoms with Crippen LogP contribution in [-0.2, 0) is 9.53 Å². The quantitative estimate of drug-likeness (QED) is 0.519. The predicted octanol–water partition coefficient (Wildman–Crippen LogP) is -1.02. The molecule has 1 amide bonds. The molecular weight excluding hydrogens is 258 g/mol. The Morgan fingerprint density at radius 3 is 2.70 bits per heavy atom. The SMILES string of the molecule is O=C(NC[C@H]1OC[C@@H](NC2CCNCC2)[C@@H]1O)C1CC1. The Balaban J connectivity index is 1.41. The molecule has 0 spiro atoms. The van der Waals surface area contributed by atoms with E-state index in [0.717, 1.165) is 38.8 Å². The van der Waals surface area contributed by atoms with Gasteiger partial charge in [-0.05, 0) is 38.8 Å². The molecule has 1 saturated carbocycles. The number of ether oxygens (including phenoxy) is 1. The van der Waals surface area contributed by atoms with Crippen LogP contribution in [0, 0.1) is 5.92 Å². The highest BCUT2D eigenvalue weighted by molar-refractivity contribution is 5.80. The third kappa shape index (κ3) is 3.49. The summed E-state index contributed by atoms with van der Waals surface area (Å²) in [4.78, 5) is 11.6. The summed E-state index contributed by atoms with van der Waals surface area (Å²) in [5.41, 5.74) is 0. The van der Waals surface area contributed by atoms with Gasteiger partial charge in [0.05, 0.1) is 18.8 Å². The normalized spacial score (nSPS) is 35.1. The summed E-state index contributed by atoms with van der Waals surface area (Å²) in [6.07, 6.45) is 3.36. The van der Waals surface area contributed by atoms with Crippen LogP contribution in [0.3, 0.4) is 0 Å². The van der Waals surface area contributed by atoms with Gasteiger partial charge in [-0.1, -0.05) is 0 Å². The molecule has 0 unspecified atom stereocenters. The van der Waals surface area contributed by atoms with Gasteiger partial charge in [0.2, 0.25) is 5.91 Å². The number of amides is 1. The van der Waals surface area contributed by atoms with Crippen molar-refractivity contribution in [3.63, 3.8) is 0 Å². The molecule has 2 saturated heterocycles. The lowest BCUT2D eigenvalue weighted by Crippen LogP contribution is -2.50. The molecule has 0 radical (unpaired) electrons. The van der Waals surface area contributed by atoms with Crippen molar-refractivity contribution in [2.24, 2.45) is 5.92 Å². The van der Waals surface area contributed by atoms with Crippen LogP contribution in [0.4, 0.5) is 0 Å². The summed E-state index contributed by atoms with van der Waals surface area (Å²) in [5.74, 6) is 0.313. The van der Waals surface area contributed by atoms with E-state index in [1.807, 2.05) is 0 Å². The number of aliphatic hydroxyl groups excluding tert-OH is 1. The third-order valence-electron chi connectivity index (χ3n) is 4.50. The first-order valence-electron chi connectivity index (χ1n) is 7.78. The topological polar surface area (TPSA) is 82.6 Å². The van der Waals surface area contributed by atoms with Crippen molar-refractivity contribution in [3.8, 4) is 0 Å². The van der Waals surface area contributed by atoms with Gasteiger partial charge in [-0.2, -0.15) is 0 Å². The maximum atomic E-state index is 11.6. The van der Waals surface area contributed by atoms with Crippen LogP contribution in [-0.4, -0.2) is 61.5 Å². The Hall–Kier alpha value is -0.690. The van der Waals surface area contributed by atoms with Gasteiger partial charge in [0, 0.05) is 18.5 Å². The number of carbonyl (C=O) groups excluding carboxylic acids is 1. The number of hydrogen-bond donors (Lipinski definition) is 4. The van der Waals surface area contributed by atoms with E-state index in [1.165, 1.54) is 0 Å². The summed E-state index contributed by atoms with van der Waals surface area (Å²) in [6.45, 7) is 3.00.